The Labute approximate surface area is 87.8 Å². The van der Waals surface area contributed by atoms with Crippen molar-refractivity contribution in [1.82, 2.24) is 5.32 Å². The van der Waals surface area contributed by atoms with Crippen LogP contribution in [0.4, 0.5) is 0 Å². The number of rotatable bonds is 4. The molecule has 2 N–H and O–H groups in total. The van der Waals surface area contributed by atoms with Crippen LogP contribution in [-0.4, -0.2) is 16.1 Å². The molecule has 4 heteroatoms. The summed E-state index contributed by atoms with van der Waals surface area (Å²) >= 11 is 4.84. The molecule has 0 aromatic heterocycles. The van der Waals surface area contributed by atoms with Gasteiger partial charge < -0.3 is 10.4 Å². The average molecular weight is 209 g/mol. The molecule has 0 aliphatic heterocycles. The Balaban J connectivity index is 2.34. The van der Waals surface area contributed by atoms with Crippen molar-refractivity contribution >= 4 is 23.2 Å². The fourth-order valence-corrected chi connectivity index (χ4v) is 1.19. The Morgan fingerprint density at radius 2 is 2.00 bits per heavy atom. The van der Waals surface area contributed by atoms with Crippen molar-refractivity contribution in [2.24, 2.45) is 0 Å². The summed E-state index contributed by atoms with van der Waals surface area (Å²) in [6.07, 6.45) is -0.109. The minimum atomic E-state index is -0.907. The monoisotopic (exact) mass is 209 g/mol. The lowest BCUT2D eigenvalue weighted by molar-refractivity contribution is -0.135. The third-order valence-electron chi connectivity index (χ3n) is 1.64. The highest BCUT2D eigenvalue weighted by Gasteiger charge is 2.02. The van der Waals surface area contributed by atoms with Crippen molar-refractivity contribution in [2.75, 3.05) is 0 Å². The Bertz CT molecular complexity index is 324. The minimum Gasteiger partial charge on any atom is -0.481 e. The van der Waals surface area contributed by atoms with Gasteiger partial charge in [-0.2, -0.15) is 0 Å². The Kier molecular flexibility index (Phi) is 4.07. The van der Waals surface area contributed by atoms with E-state index in [1.165, 1.54) is 0 Å². The highest BCUT2D eigenvalue weighted by molar-refractivity contribution is 7.80. The first-order valence-electron chi connectivity index (χ1n) is 4.21. The first-order chi connectivity index (χ1) is 6.68. The maximum absolute atomic E-state index is 10.3. The van der Waals surface area contributed by atoms with Crippen LogP contribution in [0, 0.1) is 0 Å². The molecule has 0 unspecified atom stereocenters. The highest BCUT2D eigenvalue weighted by atomic mass is 32.1. The van der Waals surface area contributed by atoms with Gasteiger partial charge >= 0.3 is 5.97 Å². The summed E-state index contributed by atoms with van der Waals surface area (Å²) in [6.45, 7) is 0.576. The molecule has 1 aromatic carbocycles. The van der Waals surface area contributed by atoms with E-state index in [1.807, 2.05) is 30.3 Å². The van der Waals surface area contributed by atoms with E-state index in [9.17, 15) is 4.79 Å². The van der Waals surface area contributed by atoms with Crippen LogP contribution >= 0.6 is 12.2 Å². The largest absolute Gasteiger partial charge is 0.481 e. The number of thiocarbonyl (C=S) groups is 1. The summed E-state index contributed by atoms with van der Waals surface area (Å²) in [7, 11) is 0. The van der Waals surface area contributed by atoms with Crippen LogP contribution in [0.3, 0.4) is 0 Å². The van der Waals surface area contributed by atoms with E-state index < -0.39 is 5.97 Å². The van der Waals surface area contributed by atoms with Gasteiger partial charge in [0.15, 0.2) is 0 Å². The lowest BCUT2D eigenvalue weighted by Crippen LogP contribution is -2.23. The Hall–Kier alpha value is -1.42. The summed E-state index contributed by atoms with van der Waals surface area (Å²) in [5.74, 6) is -0.907. The molecule has 0 aliphatic rings. The molecule has 0 spiro atoms. The van der Waals surface area contributed by atoms with Gasteiger partial charge in [-0.3, -0.25) is 4.79 Å². The van der Waals surface area contributed by atoms with Crippen molar-refractivity contribution in [3.63, 3.8) is 0 Å². The molecule has 0 saturated heterocycles. The van der Waals surface area contributed by atoms with Gasteiger partial charge in [0.2, 0.25) is 0 Å². The first-order valence-corrected chi connectivity index (χ1v) is 4.62. The molecule has 1 aromatic rings. The van der Waals surface area contributed by atoms with E-state index in [0.29, 0.717) is 11.5 Å². The lowest BCUT2D eigenvalue weighted by atomic mass is 10.2. The minimum absolute atomic E-state index is 0.109. The number of carboxylic acids is 1. The van der Waals surface area contributed by atoms with Gasteiger partial charge in [-0.05, 0) is 5.56 Å². The second kappa shape index (κ2) is 5.34. The summed E-state index contributed by atoms with van der Waals surface area (Å²) in [5, 5.41) is 11.3. The van der Waals surface area contributed by atoms with E-state index in [2.05, 4.69) is 5.32 Å². The average Bonchev–Trinajstić information content (AvgIpc) is 2.15. The summed E-state index contributed by atoms with van der Waals surface area (Å²) in [5.41, 5.74) is 1.08. The molecular formula is C10H11NO2S. The normalized spacial score (nSPS) is 9.43. The molecule has 0 aliphatic carbocycles. The lowest BCUT2D eigenvalue weighted by Gasteiger charge is -2.05. The summed E-state index contributed by atoms with van der Waals surface area (Å²) in [4.78, 5) is 10.7. The number of benzene rings is 1. The number of carbonyl (C=O) groups is 1. The molecule has 0 heterocycles. The SMILES string of the molecule is O=C(O)CC(=S)NCc1ccccc1. The summed E-state index contributed by atoms with van der Waals surface area (Å²) in [6, 6.07) is 9.69. The molecule has 0 amide bonds. The Morgan fingerprint density at radius 1 is 1.36 bits per heavy atom. The number of aliphatic carboxylic acids is 1. The third-order valence-corrected chi connectivity index (χ3v) is 1.93. The molecule has 74 valence electrons. The van der Waals surface area contributed by atoms with Crippen LogP contribution in [0.1, 0.15) is 12.0 Å². The van der Waals surface area contributed by atoms with Crippen LogP contribution in [-0.2, 0) is 11.3 Å². The summed E-state index contributed by atoms with van der Waals surface area (Å²) < 4.78 is 0. The standard InChI is InChI=1S/C10H11NO2S/c12-10(13)6-9(14)11-7-8-4-2-1-3-5-8/h1-5H,6-7H2,(H,11,14)(H,12,13). The van der Waals surface area contributed by atoms with Crippen molar-refractivity contribution in [1.29, 1.82) is 0 Å². The van der Waals surface area contributed by atoms with Gasteiger partial charge in [-0.1, -0.05) is 42.5 Å². The predicted molar refractivity (Wildman–Crippen MR) is 58.1 cm³/mol. The topological polar surface area (TPSA) is 49.3 Å². The fraction of sp³-hybridized carbons (Fsp3) is 0.200. The van der Waals surface area contributed by atoms with Gasteiger partial charge in [-0.25, -0.2) is 0 Å². The molecule has 0 saturated carbocycles. The van der Waals surface area contributed by atoms with Gasteiger partial charge in [0.25, 0.3) is 0 Å². The fourth-order valence-electron chi connectivity index (χ4n) is 0.996. The molecule has 1 rings (SSSR count). The second-order valence-electron chi connectivity index (χ2n) is 2.83. The van der Waals surface area contributed by atoms with E-state index in [4.69, 9.17) is 17.3 Å². The maximum Gasteiger partial charge on any atom is 0.310 e. The highest BCUT2D eigenvalue weighted by Crippen LogP contribution is 1.97. The maximum atomic E-state index is 10.3. The van der Waals surface area contributed by atoms with Crippen molar-refractivity contribution in [3.05, 3.63) is 35.9 Å². The predicted octanol–water partition coefficient (Wildman–Crippen LogP) is 1.58. The van der Waals surface area contributed by atoms with Crippen molar-refractivity contribution in [3.8, 4) is 0 Å². The van der Waals surface area contributed by atoms with E-state index in [-0.39, 0.29) is 6.42 Å². The molecule has 0 bridgehead atoms. The zero-order chi connectivity index (χ0) is 10.4. The second-order valence-corrected chi connectivity index (χ2v) is 3.33. The molecule has 0 atom stereocenters. The van der Waals surface area contributed by atoms with Crippen LogP contribution in [0.15, 0.2) is 30.3 Å². The molecule has 14 heavy (non-hydrogen) atoms. The molecule has 0 radical (unpaired) electrons. The molecule has 0 fully saturated rings. The van der Waals surface area contributed by atoms with Crippen LogP contribution < -0.4 is 5.32 Å². The zero-order valence-electron chi connectivity index (χ0n) is 7.56. The number of carboxylic acid groups (broad SMARTS) is 1. The van der Waals surface area contributed by atoms with Crippen molar-refractivity contribution in [2.45, 2.75) is 13.0 Å². The smallest absolute Gasteiger partial charge is 0.310 e. The van der Waals surface area contributed by atoms with Crippen LogP contribution in [0.25, 0.3) is 0 Å². The quantitative estimate of drug-likeness (QED) is 0.739. The van der Waals surface area contributed by atoms with E-state index >= 15 is 0 Å². The Morgan fingerprint density at radius 3 is 2.57 bits per heavy atom. The molecular weight excluding hydrogens is 198 g/mol. The van der Waals surface area contributed by atoms with Crippen molar-refractivity contribution < 1.29 is 9.90 Å². The van der Waals surface area contributed by atoms with Gasteiger partial charge in [0, 0.05) is 6.54 Å². The van der Waals surface area contributed by atoms with Gasteiger partial charge in [0.1, 0.15) is 0 Å². The number of hydrogen-bond acceptors (Lipinski definition) is 2. The third kappa shape index (κ3) is 4.00. The number of nitrogens with one attached hydrogen (secondary N) is 1. The van der Waals surface area contributed by atoms with E-state index in [1.54, 1.807) is 0 Å². The van der Waals surface area contributed by atoms with E-state index in [0.717, 1.165) is 5.56 Å². The van der Waals surface area contributed by atoms with Crippen LogP contribution in [0.5, 0.6) is 0 Å². The zero-order valence-corrected chi connectivity index (χ0v) is 8.38. The van der Waals surface area contributed by atoms with Gasteiger partial charge in [0.05, 0.1) is 11.4 Å². The number of hydrogen-bond donors (Lipinski definition) is 2. The van der Waals surface area contributed by atoms with Gasteiger partial charge in [-0.15, -0.1) is 0 Å². The van der Waals surface area contributed by atoms with Crippen LogP contribution in [0.2, 0.25) is 0 Å². The first kappa shape index (κ1) is 10.7. The molecule has 3 nitrogen and oxygen atoms in total.